The van der Waals surface area contributed by atoms with Gasteiger partial charge in [-0.1, -0.05) is 44.2 Å². The third-order valence-corrected chi connectivity index (χ3v) is 9.03. The Labute approximate surface area is 224 Å². The maximum atomic E-state index is 14.9. The fourth-order valence-electron chi connectivity index (χ4n) is 6.41. The highest BCUT2D eigenvalue weighted by molar-refractivity contribution is 5.71. The molecule has 0 amide bonds. The van der Waals surface area contributed by atoms with E-state index in [-0.39, 0.29) is 17.8 Å². The average molecular weight is 514 g/mol. The number of rotatable bonds is 8. The molecule has 2 aromatic carbocycles. The molecule has 3 aliphatic rings. The Balaban J connectivity index is 1.33. The topological polar surface area (TPSA) is 59.4 Å². The van der Waals surface area contributed by atoms with E-state index in [1.54, 1.807) is 0 Å². The second-order valence-corrected chi connectivity index (χ2v) is 11.8. The van der Waals surface area contributed by atoms with Gasteiger partial charge in [-0.25, -0.2) is 4.39 Å². The molecule has 2 aliphatic carbocycles. The Morgan fingerprint density at radius 2 is 1.76 bits per heavy atom. The summed E-state index contributed by atoms with van der Waals surface area (Å²) in [7, 11) is 0. The Bertz CT molecular complexity index is 1380. The largest absolute Gasteiger partial charge is 0.485 e. The SMILES string of the molecule is Cc1cc(-c2ccc(C3CCc4ccc([C@H](C5CC5)[C@H](C)C(=O)O)cc4O3)cc2C(C)C2CC2)c(F)cn1. The number of ether oxygens (including phenoxy) is 1. The molecule has 0 bridgehead atoms. The van der Waals surface area contributed by atoms with Crippen molar-refractivity contribution in [2.45, 2.75) is 77.2 Å². The Hall–Kier alpha value is -3.21. The van der Waals surface area contributed by atoms with Gasteiger partial charge in [0.05, 0.1) is 12.1 Å². The van der Waals surface area contributed by atoms with E-state index in [9.17, 15) is 14.3 Å². The number of carboxylic acids is 1. The summed E-state index contributed by atoms with van der Waals surface area (Å²) in [6, 6.07) is 14.6. The number of benzene rings is 2. The minimum absolute atomic E-state index is 0.0192. The maximum absolute atomic E-state index is 14.9. The van der Waals surface area contributed by atoms with Crippen molar-refractivity contribution in [3.8, 4) is 16.9 Å². The molecule has 38 heavy (non-hydrogen) atoms. The Morgan fingerprint density at radius 3 is 2.47 bits per heavy atom. The van der Waals surface area contributed by atoms with Gasteiger partial charge in [0.25, 0.3) is 0 Å². The summed E-state index contributed by atoms with van der Waals surface area (Å²) in [5, 5.41) is 9.71. The standard InChI is InChI=1S/C33H36FNO3/c1-18-14-28(29(34)17-35-18)26-12-10-24(15-27(26)19(2)21-4-5-21)30-13-11-22-6-9-25(16-31(22)38-30)32(23-7-8-23)20(3)33(36)37/h6,9-10,12,14-17,19-21,23,30,32H,4-5,7-8,11,13H2,1-3H3,(H,36,37)/t19?,20-,30?,32-/m0/s1. The summed E-state index contributed by atoms with van der Waals surface area (Å²) in [6.07, 6.45) is 7.65. The number of pyridine rings is 1. The van der Waals surface area contributed by atoms with Gasteiger partial charge in [0.1, 0.15) is 17.7 Å². The van der Waals surface area contributed by atoms with Crippen molar-refractivity contribution in [3.63, 3.8) is 0 Å². The molecule has 2 fully saturated rings. The smallest absolute Gasteiger partial charge is 0.306 e. The van der Waals surface area contributed by atoms with Gasteiger partial charge >= 0.3 is 5.97 Å². The summed E-state index contributed by atoms with van der Waals surface area (Å²) in [4.78, 5) is 15.9. The molecule has 198 valence electrons. The first-order chi connectivity index (χ1) is 18.3. The summed E-state index contributed by atoms with van der Waals surface area (Å²) >= 11 is 0. The molecule has 0 radical (unpaired) electrons. The molecule has 0 saturated heterocycles. The zero-order valence-electron chi connectivity index (χ0n) is 22.4. The molecular weight excluding hydrogens is 477 g/mol. The summed E-state index contributed by atoms with van der Waals surface area (Å²) < 4.78 is 21.5. The molecule has 0 spiro atoms. The fraction of sp³-hybridized carbons (Fsp3) is 0.455. The van der Waals surface area contributed by atoms with Gasteiger partial charge in [-0.05, 0) is 109 Å². The van der Waals surface area contributed by atoms with E-state index in [2.05, 4.69) is 48.3 Å². The molecule has 1 aromatic heterocycles. The molecule has 1 aliphatic heterocycles. The van der Waals surface area contributed by atoms with E-state index >= 15 is 0 Å². The van der Waals surface area contributed by atoms with Crippen LogP contribution in [0.4, 0.5) is 4.39 Å². The third-order valence-electron chi connectivity index (χ3n) is 9.03. The van der Waals surface area contributed by atoms with E-state index in [1.165, 1.54) is 30.2 Å². The minimum atomic E-state index is -0.739. The van der Waals surface area contributed by atoms with Gasteiger partial charge < -0.3 is 9.84 Å². The van der Waals surface area contributed by atoms with Gasteiger partial charge in [0, 0.05) is 11.3 Å². The lowest BCUT2D eigenvalue weighted by atomic mass is 9.82. The second kappa shape index (κ2) is 9.83. The molecule has 1 N–H and O–H groups in total. The zero-order chi connectivity index (χ0) is 26.6. The van der Waals surface area contributed by atoms with Crippen LogP contribution in [0, 0.1) is 30.5 Å². The van der Waals surface area contributed by atoms with Gasteiger partial charge in [-0.3, -0.25) is 9.78 Å². The zero-order valence-corrected chi connectivity index (χ0v) is 22.4. The highest BCUT2D eigenvalue weighted by Crippen LogP contribution is 2.49. The normalized spacial score (nSPS) is 21.2. The number of aryl methyl sites for hydroxylation is 2. The number of fused-ring (bicyclic) bond motifs is 1. The molecule has 4 atom stereocenters. The van der Waals surface area contributed by atoms with Crippen LogP contribution in [0.25, 0.3) is 11.1 Å². The number of aliphatic carboxylic acids is 1. The molecule has 6 rings (SSSR count). The van der Waals surface area contributed by atoms with Crippen molar-refractivity contribution >= 4 is 5.97 Å². The lowest BCUT2D eigenvalue weighted by Gasteiger charge is -2.29. The van der Waals surface area contributed by atoms with Crippen LogP contribution in [0.15, 0.2) is 48.7 Å². The minimum Gasteiger partial charge on any atom is -0.485 e. The number of halogens is 1. The fourth-order valence-corrected chi connectivity index (χ4v) is 6.41. The maximum Gasteiger partial charge on any atom is 0.306 e. The number of nitrogens with zero attached hydrogens (tertiary/aromatic N) is 1. The Kier molecular flexibility index (Phi) is 6.49. The van der Waals surface area contributed by atoms with Crippen LogP contribution >= 0.6 is 0 Å². The molecule has 2 saturated carbocycles. The van der Waals surface area contributed by atoms with Crippen molar-refractivity contribution in [3.05, 3.63) is 82.4 Å². The highest BCUT2D eigenvalue weighted by Gasteiger charge is 2.39. The van der Waals surface area contributed by atoms with Crippen LogP contribution in [0.1, 0.15) is 91.8 Å². The monoisotopic (exact) mass is 513 g/mol. The van der Waals surface area contributed by atoms with E-state index < -0.39 is 11.9 Å². The van der Waals surface area contributed by atoms with Crippen molar-refractivity contribution in [1.82, 2.24) is 4.98 Å². The van der Waals surface area contributed by atoms with E-state index in [4.69, 9.17) is 4.74 Å². The van der Waals surface area contributed by atoms with E-state index in [0.29, 0.717) is 23.3 Å². The first-order valence-corrected chi connectivity index (χ1v) is 14.1. The third kappa shape index (κ3) is 4.83. The first kappa shape index (κ1) is 25.1. The number of carbonyl (C=O) groups is 1. The molecule has 3 aromatic rings. The molecule has 2 unspecified atom stereocenters. The summed E-state index contributed by atoms with van der Waals surface area (Å²) in [6.45, 7) is 5.98. The number of hydrogen-bond acceptors (Lipinski definition) is 3. The van der Waals surface area contributed by atoms with Gasteiger partial charge in [-0.2, -0.15) is 0 Å². The van der Waals surface area contributed by atoms with Gasteiger partial charge in [0.15, 0.2) is 0 Å². The van der Waals surface area contributed by atoms with Crippen LogP contribution in [0.2, 0.25) is 0 Å². The quantitative estimate of drug-likeness (QED) is 0.332. The van der Waals surface area contributed by atoms with Crippen molar-refractivity contribution < 1.29 is 19.0 Å². The highest BCUT2D eigenvalue weighted by atomic mass is 19.1. The number of hydrogen-bond donors (Lipinski definition) is 1. The van der Waals surface area contributed by atoms with Crippen molar-refractivity contribution in [2.75, 3.05) is 0 Å². The van der Waals surface area contributed by atoms with E-state index in [1.807, 2.05) is 19.9 Å². The van der Waals surface area contributed by atoms with Crippen LogP contribution < -0.4 is 4.74 Å². The van der Waals surface area contributed by atoms with Crippen LogP contribution in [0.3, 0.4) is 0 Å². The molecule has 5 heteroatoms. The van der Waals surface area contributed by atoms with Crippen LogP contribution in [-0.2, 0) is 11.2 Å². The number of aromatic nitrogens is 1. The van der Waals surface area contributed by atoms with Gasteiger partial charge in [-0.15, -0.1) is 0 Å². The van der Waals surface area contributed by atoms with Gasteiger partial charge in [0.2, 0.25) is 0 Å². The van der Waals surface area contributed by atoms with Crippen LogP contribution in [-0.4, -0.2) is 16.1 Å². The summed E-state index contributed by atoms with van der Waals surface area (Å²) in [5.41, 5.74) is 6.93. The van der Waals surface area contributed by atoms with Crippen molar-refractivity contribution in [1.29, 1.82) is 0 Å². The molecular formula is C33H36FNO3. The lowest BCUT2D eigenvalue weighted by Crippen LogP contribution is -2.21. The lowest BCUT2D eigenvalue weighted by molar-refractivity contribution is -0.142. The molecule has 2 heterocycles. The second-order valence-electron chi connectivity index (χ2n) is 11.8. The van der Waals surface area contributed by atoms with E-state index in [0.717, 1.165) is 53.8 Å². The predicted molar refractivity (Wildman–Crippen MR) is 146 cm³/mol. The Morgan fingerprint density at radius 1 is 1.00 bits per heavy atom. The first-order valence-electron chi connectivity index (χ1n) is 14.1. The predicted octanol–water partition coefficient (Wildman–Crippen LogP) is 7.99. The van der Waals surface area contributed by atoms with Crippen molar-refractivity contribution in [2.24, 2.45) is 17.8 Å². The number of carboxylic acid groups (broad SMARTS) is 1. The summed E-state index contributed by atoms with van der Waals surface area (Å²) in [5.74, 6) is 0.869. The molecule has 4 nitrogen and oxygen atoms in total. The average Bonchev–Trinajstić information content (AvgIpc) is 3.83. The van der Waals surface area contributed by atoms with Crippen LogP contribution in [0.5, 0.6) is 5.75 Å².